The van der Waals surface area contributed by atoms with E-state index in [-0.39, 0.29) is 17.3 Å². The summed E-state index contributed by atoms with van der Waals surface area (Å²) in [5.41, 5.74) is -0.407. The molecule has 3 rings (SSSR count). The Morgan fingerprint density at radius 2 is 1.92 bits per heavy atom. The second-order valence-electron chi connectivity index (χ2n) is 6.30. The summed E-state index contributed by atoms with van der Waals surface area (Å²) in [6.07, 6.45) is 0. The van der Waals surface area contributed by atoms with Crippen molar-refractivity contribution in [2.75, 3.05) is 0 Å². The molecule has 26 heavy (non-hydrogen) atoms. The maximum atomic E-state index is 13.1. The molecule has 0 saturated heterocycles. The van der Waals surface area contributed by atoms with Crippen molar-refractivity contribution in [3.05, 3.63) is 75.0 Å². The Bertz CT molecular complexity index is 963. The van der Waals surface area contributed by atoms with Crippen LogP contribution in [0, 0.1) is 5.82 Å². The number of hydrogen-bond donors (Lipinski definition) is 1. The van der Waals surface area contributed by atoms with Gasteiger partial charge in [-0.05, 0) is 55.6 Å². The second-order valence-corrected chi connectivity index (χ2v) is 7.33. The van der Waals surface area contributed by atoms with Crippen molar-refractivity contribution in [3.63, 3.8) is 0 Å². The van der Waals surface area contributed by atoms with Crippen LogP contribution < -0.4 is 10.9 Å². The summed E-state index contributed by atoms with van der Waals surface area (Å²) in [5.74, 6) is -0.660. The summed E-state index contributed by atoms with van der Waals surface area (Å²) in [7, 11) is 0. The number of aromatic nitrogens is 2. The SMILES string of the molecule is CC(C)(C(=O)NCc1cccs1)n1nc(-c2ccc(F)cc2)ccc1=O. The standard InChI is InChI=1S/C19H18FN3O2S/c1-19(2,18(25)21-12-15-4-3-11-26-15)23-17(24)10-9-16(22-23)13-5-7-14(20)8-6-13/h3-11H,12H2,1-2H3,(H,21,25). The number of thiophene rings is 1. The third kappa shape index (κ3) is 3.72. The summed E-state index contributed by atoms with van der Waals surface area (Å²) in [4.78, 5) is 26.0. The van der Waals surface area contributed by atoms with E-state index in [1.807, 2.05) is 17.5 Å². The van der Waals surface area contributed by atoms with Gasteiger partial charge in [-0.1, -0.05) is 6.07 Å². The van der Waals surface area contributed by atoms with E-state index < -0.39 is 5.54 Å². The van der Waals surface area contributed by atoms with Gasteiger partial charge in [0.05, 0.1) is 12.2 Å². The number of nitrogens with one attached hydrogen (secondary N) is 1. The minimum atomic E-state index is -1.18. The van der Waals surface area contributed by atoms with Gasteiger partial charge in [0.25, 0.3) is 5.56 Å². The van der Waals surface area contributed by atoms with E-state index in [1.54, 1.807) is 43.4 Å². The molecular weight excluding hydrogens is 353 g/mol. The fraction of sp³-hybridized carbons (Fsp3) is 0.211. The quantitative estimate of drug-likeness (QED) is 0.749. The summed E-state index contributed by atoms with van der Waals surface area (Å²) in [6, 6.07) is 12.6. The van der Waals surface area contributed by atoms with Crippen molar-refractivity contribution in [2.45, 2.75) is 25.9 Å². The Morgan fingerprint density at radius 3 is 2.58 bits per heavy atom. The zero-order valence-electron chi connectivity index (χ0n) is 14.4. The molecule has 0 unspecified atom stereocenters. The van der Waals surface area contributed by atoms with E-state index in [1.165, 1.54) is 18.2 Å². The predicted octanol–water partition coefficient (Wildman–Crippen LogP) is 3.16. The van der Waals surface area contributed by atoms with Crippen LogP contribution in [0.5, 0.6) is 0 Å². The molecule has 7 heteroatoms. The van der Waals surface area contributed by atoms with Crippen LogP contribution in [-0.2, 0) is 16.9 Å². The molecule has 0 saturated carbocycles. The highest BCUT2D eigenvalue weighted by molar-refractivity contribution is 7.09. The average Bonchev–Trinajstić information content (AvgIpc) is 3.14. The van der Waals surface area contributed by atoms with E-state index in [0.29, 0.717) is 17.8 Å². The number of rotatable bonds is 5. The van der Waals surface area contributed by atoms with Crippen LogP contribution >= 0.6 is 11.3 Å². The normalized spacial score (nSPS) is 11.3. The van der Waals surface area contributed by atoms with E-state index >= 15 is 0 Å². The molecule has 0 aliphatic rings. The molecule has 2 aromatic heterocycles. The topological polar surface area (TPSA) is 64.0 Å². The Balaban J connectivity index is 1.88. The lowest BCUT2D eigenvalue weighted by atomic mass is 10.0. The number of hydrogen-bond acceptors (Lipinski definition) is 4. The lowest BCUT2D eigenvalue weighted by molar-refractivity contribution is -0.129. The summed E-state index contributed by atoms with van der Waals surface area (Å²) in [6.45, 7) is 3.67. The number of nitrogens with zero attached hydrogens (tertiary/aromatic N) is 2. The fourth-order valence-electron chi connectivity index (χ4n) is 2.48. The third-order valence-electron chi connectivity index (χ3n) is 4.03. The maximum absolute atomic E-state index is 13.1. The fourth-order valence-corrected chi connectivity index (χ4v) is 3.12. The van der Waals surface area contributed by atoms with Crippen LogP contribution in [0.3, 0.4) is 0 Å². The van der Waals surface area contributed by atoms with Crippen LogP contribution in [0.25, 0.3) is 11.3 Å². The van der Waals surface area contributed by atoms with Crippen LogP contribution in [0.4, 0.5) is 4.39 Å². The van der Waals surface area contributed by atoms with Crippen LogP contribution in [0.1, 0.15) is 18.7 Å². The number of amides is 1. The first-order valence-electron chi connectivity index (χ1n) is 8.05. The smallest absolute Gasteiger partial charge is 0.267 e. The Hall–Kier alpha value is -2.80. The largest absolute Gasteiger partial charge is 0.349 e. The van der Waals surface area contributed by atoms with Crippen LogP contribution in [-0.4, -0.2) is 15.7 Å². The first kappa shape index (κ1) is 18.0. The van der Waals surface area contributed by atoms with Gasteiger partial charge >= 0.3 is 0 Å². The van der Waals surface area contributed by atoms with Gasteiger partial charge < -0.3 is 5.32 Å². The van der Waals surface area contributed by atoms with Gasteiger partial charge in [0.2, 0.25) is 5.91 Å². The molecule has 2 heterocycles. The second kappa shape index (κ2) is 7.21. The minimum absolute atomic E-state index is 0.309. The van der Waals surface area contributed by atoms with Crippen molar-refractivity contribution in [2.24, 2.45) is 0 Å². The highest BCUT2D eigenvalue weighted by atomic mass is 32.1. The molecule has 3 aromatic rings. The van der Waals surface area contributed by atoms with Crippen molar-refractivity contribution < 1.29 is 9.18 Å². The molecule has 0 aliphatic carbocycles. The molecule has 0 atom stereocenters. The monoisotopic (exact) mass is 371 g/mol. The van der Waals surface area contributed by atoms with Crippen LogP contribution in [0.15, 0.2) is 58.7 Å². The van der Waals surface area contributed by atoms with Gasteiger partial charge in [0, 0.05) is 16.5 Å². The van der Waals surface area contributed by atoms with Gasteiger partial charge in [-0.3, -0.25) is 9.59 Å². The van der Waals surface area contributed by atoms with Gasteiger partial charge in [0.1, 0.15) is 11.4 Å². The minimum Gasteiger partial charge on any atom is -0.349 e. The molecule has 1 aromatic carbocycles. The molecule has 0 spiro atoms. The average molecular weight is 371 g/mol. The van der Waals surface area contributed by atoms with E-state index in [0.717, 1.165) is 9.56 Å². The molecule has 0 fully saturated rings. The Morgan fingerprint density at radius 1 is 1.19 bits per heavy atom. The first-order chi connectivity index (χ1) is 12.4. The molecule has 0 radical (unpaired) electrons. The third-order valence-corrected chi connectivity index (χ3v) is 4.91. The lowest BCUT2D eigenvalue weighted by Gasteiger charge is -2.25. The zero-order valence-corrected chi connectivity index (χ0v) is 15.2. The summed E-state index contributed by atoms with van der Waals surface area (Å²) in [5, 5.41) is 9.11. The highest BCUT2D eigenvalue weighted by Crippen LogP contribution is 2.19. The van der Waals surface area contributed by atoms with E-state index in [9.17, 15) is 14.0 Å². The van der Waals surface area contributed by atoms with Crippen molar-refractivity contribution in [1.29, 1.82) is 0 Å². The van der Waals surface area contributed by atoms with Gasteiger partial charge in [-0.2, -0.15) is 5.10 Å². The number of benzene rings is 1. The Kier molecular flexibility index (Phi) is 4.99. The molecule has 0 aliphatic heterocycles. The van der Waals surface area contributed by atoms with Crippen molar-refractivity contribution >= 4 is 17.2 Å². The van der Waals surface area contributed by atoms with Crippen molar-refractivity contribution in [3.8, 4) is 11.3 Å². The molecule has 134 valence electrons. The predicted molar refractivity (Wildman–Crippen MR) is 99.4 cm³/mol. The highest BCUT2D eigenvalue weighted by Gasteiger charge is 2.32. The van der Waals surface area contributed by atoms with Crippen molar-refractivity contribution in [1.82, 2.24) is 15.1 Å². The molecule has 1 amide bonds. The number of halogens is 1. The lowest BCUT2D eigenvalue weighted by Crippen LogP contribution is -2.49. The van der Waals surface area contributed by atoms with Gasteiger partial charge in [0.15, 0.2) is 0 Å². The van der Waals surface area contributed by atoms with E-state index in [4.69, 9.17) is 0 Å². The maximum Gasteiger partial charge on any atom is 0.267 e. The van der Waals surface area contributed by atoms with Gasteiger partial charge in [-0.15, -0.1) is 11.3 Å². The molecule has 1 N–H and O–H groups in total. The van der Waals surface area contributed by atoms with Gasteiger partial charge in [-0.25, -0.2) is 9.07 Å². The molecule has 5 nitrogen and oxygen atoms in total. The van der Waals surface area contributed by atoms with Crippen LogP contribution in [0.2, 0.25) is 0 Å². The summed E-state index contributed by atoms with van der Waals surface area (Å²) < 4.78 is 14.3. The Labute approximate surface area is 154 Å². The summed E-state index contributed by atoms with van der Waals surface area (Å²) >= 11 is 1.55. The molecular formula is C19H18FN3O2S. The first-order valence-corrected chi connectivity index (χ1v) is 8.93. The zero-order chi connectivity index (χ0) is 18.7. The van der Waals surface area contributed by atoms with E-state index in [2.05, 4.69) is 10.4 Å². The number of carbonyl (C=O) groups is 1. The molecule has 0 bridgehead atoms. The number of carbonyl (C=O) groups excluding carboxylic acids is 1.